The number of hydrogen-bond donors (Lipinski definition) is 2. The van der Waals surface area contributed by atoms with Crippen LogP contribution in [0.3, 0.4) is 0 Å². The third kappa shape index (κ3) is 3.20. The number of nitrogens with zero attached hydrogens (tertiary/aromatic N) is 2. The van der Waals surface area contributed by atoms with E-state index in [0.717, 1.165) is 27.8 Å². The summed E-state index contributed by atoms with van der Waals surface area (Å²) in [6, 6.07) is 19.7. The normalized spacial score (nSPS) is 12.4. The van der Waals surface area contributed by atoms with Crippen molar-refractivity contribution in [2.24, 2.45) is 0 Å². The summed E-state index contributed by atoms with van der Waals surface area (Å²) in [5.41, 5.74) is 5.57. The Kier molecular flexibility index (Phi) is 4.43. The van der Waals surface area contributed by atoms with Crippen LogP contribution in [-0.4, -0.2) is 33.2 Å². The van der Waals surface area contributed by atoms with Gasteiger partial charge in [-0.1, -0.05) is 54.6 Å². The number of ether oxygens (including phenoxy) is 1. The second-order valence-electron chi connectivity index (χ2n) is 7.50. The van der Waals surface area contributed by atoms with Crippen LogP contribution in [0.1, 0.15) is 33.1 Å². The van der Waals surface area contributed by atoms with E-state index in [1.54, 1.807) is 16.7 Å². The maximum atomic E-state index is 12.6. The number of anilines is 1. The average molecular weight is 413 g/mol. The largest absolute Gasteiger partial charge is 0.476 e. The molecule has 7 nitrogen and oxygen atoms in total. The van der Waals surface area contributed by atoms with Crippen LogP contribution in [0.5, 0.6) is 0 Å². The molecule has 154 valence electrons. The molecule has 0 bridgehead atoms. The number of benzene rings is 2. The number of carboxylic acids is 1. The van der Waals surface area contributed by atoms with Gasteiger partial charge in [-0.3, -0.25) is 9.72 Å². The van der Waals surface area contributed by atoms with Gasteiger partial charge in [0.15, 0.2) is 11.5 Å². The number of aromatic nitrogens is 2. The highest BCUT2D eigenvalue weighted by atomic mass is 16.5. The van der Waals surface area contributed by atoms with Gasteiger partial charge in [0.2, 0.25) is 0 Å². The van der Waals surface area contributed by atoms with Crippen molar-refractivity contribution in [2.75, 3.05) is 11.9 Å². The zero-order valence-electron chi connectivity index (χ0n) is 16.7. The van der Waals surface area contributed by atoms with Crippen molar-refractivity contribution in [3.63, 3.8) is 0 Å². The molecule has 1 amide bonds. The second kappa shape index (κ2) is 7.28. The van der Waals surface area contributed by atoms with E-state index < -0.39 is 12.1 Å². The average Bonchev–Trinajstić information content (AvgIpc) is 3.28. The third-order valence-corrected chi connectivity index (χ3v) is 5.53. The topological polar surface area (TPSA) is 92.9 Å². The highest BCUT2D eigenvalue weighted by Gasteiger charge is 2.29. The van der Waals surface area contributed by atoms with Crippen LogP contribution in [-0.2, 0) is 4.74 Å². The molecular weight excluding hydrogens is 394 g/mol. The molecule has 2 heterocycles. The maximum absolute atomic E-state index is 12.6. The zero-order chi connectivity index (χ0) is 21.5. The van der Waals surface area contributed by atoms with Crippen LogP contribution < -0.4 is 5.32 Å². The lowest BCUT2D eigenvalue weighted by molar-refractivity contribution is 0.0692. The number of fused-ring (bicyclic) bond motifs is 4. The number of carbonyl (C=O) groups excluding carboxylic acids is 1. The first-order valence-corrected chi connectivity index (χ1v) is 9.87. The standard InChI is InChI=1S/C24H19N3O4/c1-14-10-11-20-25-21(23(28)29)22(27(20)12-14)26-24(30)31-13-19-17-8-4-2-6-15(17)16-7-3-5-9-18(16)19/h2-12,19H,13H2,1H3,(H,26,30)(H,28,29). The minimum Gasteiger partial charge on any atom is -0.476 e. The highest BCUT2D eigenvalue weighted by molar-refractivity contribution is 5.97. The fourth-order valence-electron chi connectivity index (χ4n) is 4.15. The number of aryl methyl sites for hydroxylation is 1. The Morgan fingerprint density at radius 2 is 1.68 bits per heavy atom. The molecule has 1 aliphatic rings. The quantitative estimate of drug-likeness (QED) is 0.506. The van der Waals surface area contributed by atoms with Gasteiger partial charge in [-0.2, -0.15) is 0 Å². The molecule has 31 heavy (non-hydrogen) atoms. The van der Waals surface area contributed by atoms with Gasteiger partial charge in [-0.25, -0.2) is 14.6 Å². The first-order valence-electron chi connectivity index (χ1n) is 9.87. The molecule has 2 aromatic carbocycles. The number of pyridine rings is 1. The Labute approximate surface area is 177 Å². The van der Waals surface area contributed by atoms with Crippen molar-refractivity contribution in [3.8, 4) is 11.1 Å². The third-order valence-electron chi connectivity index (χ3n) is 5.53. The van der Waals surface area contributed by atoms with Crippen LogP contribution in [0, 0.1) is 6.92 Å². The molecule has 0 radical (unpaired) electrons. The Morgan fingerprint density at radius 1 is 1.03 bits per heavy atom. The fourth-order valence-corrected chi connectivity index (χ4v) is 4.15. The van der Waals surface area contributed by atoms with Crippen LogP contribution in [0.2, 0.25) is 0 Å². The molecule has 2 N–H and O–H groups in total. The number of carboxylic acid groups (broad SMARTS) is 1. The molecule has 0 atom stereocenters. The lowest BCUT2D eigenvalue weighted by Crippen LogP contribution is -2.20. The summed E-state index contributed by atoms with van der Waals surface area (Å²) in [6.45, 7) is 2.01. The molecule has 4 aromatic rings. The molecule has 2 aromatic heterocycles. The number of nitrogens with one attached hydrogen (secondary N) is 1. The van der Waals surface area contributed by atoms with Gasteiger partial charge < -0.3 is 9.84 Å². The Hall–Kier alpha value is -4.13. The molecule has 5 rings (SSSR count). The van der Waals surface area contributed by atoms with E-state index in [1.165, 1.54) is 0 Å². The van der Waals surface area contributed by atoms with Crippen molar-refractivity contribution in [1.29, 1.82) is 0 Å². The van der Waals surface area contributed by atoms with Crippen LogP contribution in [0.4, 0.5) is 10.6 Å². The van der Waals surface area contributed by atoms with Crippen molar-refractivity contribution < 1.29 is 19.4 Å². The molecule has 0 unspecified atom stereocenters. The molecule has 0 spiro atoms. The summed E-state index contributed by atoms with van der Waals surface area (Å²) >= 11 is 0. The van der Waals surface area contributed by atoms with Crippen molar-refractivity contribution in [2.45, 2.75) is 12.8 Å². The second-order valence-corrected chi connectivity index (χ2v) is 7.50. The summed E-state index contributed by atoms with van der Waals surface area (Å²) in [6.07, 6.45) is 0.987. The van der Waals surface area contributed by atoms with E-state index >= 15 is 0 Å². The van der Waals surface area contributed by atoms with Crippen LogP contribution in [0.25, 0.3) is 16.8 Å². The molecule has 0 fully saturated rings. The van der Waals surface area contributed by atoms with E-state index in [1.807, 2.05) is 49.4 Å². The van der Waals surface area contributed by atoms with E-state index in [4.69, 9.17) is 4.74 Å². The molecule has 0 aliphatic heterocycles. The Balaban J connectivity index is 1.40. The fraction of sp³-hybridized carbons (Fsp3) is 0.125. The molecule has 0 saturated carbocycles. The van der Waals surface area contributed by atoms with Gasteiger partial charge in [0, 0.05) is 12.1 Å². The number of carbonyl (C=O) groups is 2. The lowest BCUT2D eigenvalue weighted by atomic mass is 9.98. The SMILES string of the molecule is Cc1ccc2nc(C(=O)O)c(NC(=O)OCC3c4ccccc4-c4ccccc43)n2c1. The zero-order valence-corrected chi connectivity index (χ0v) is 16.7. The summed E-state index contributed by atoms with van der Waals surface area (Å²) in [5.74, 6) is -1.24. The van der Waals surface area contributed by atoms with Crippen molar-refractivity contribution in [1.82, 2.24) is 9.38 Å². The number of rotatable bonds is 4. The lowest BCUT2D eigenvalue weighted by Gasteiger charge is -2.14. The van der Waals surface area contributed by atoms with Crippen LogP contribution in [0.15, 0.2) is 66.9 Å². The van der Waals surface area contributed by atoms with E-state index in [0.29, 0.717) is 5.65 Å². The maximum Gasteiger partial charge on any atom is 0.412 e. The summed E-state index contributed by atoms with van der Waals surface area (Å²) in [7, 11) is 0. The number of amides is 1. The Bertz CT molecular complexity index is 1300. The monoisotopic (exact) mass is 413 g/mol. The van der Waals surface area contributed by atoms with Gasteiger partial charge in [-0.05, 0) is 40.8 Å². The first-order chi connectivity index (χ1) is 15.0. The molecule has 0 saturated heterocycles. The van der Waals surface area contributed by atoms with Gasteiger partial charge in [0.1, 0.15) is 12.3 Å². The molecular formula is C24H19N3O4. The van der Waals surface area contributed by atoms with Gasteiger partial charge in [0.25, 0.3) is 0 Å². The summed E-state index contributed by atoms with van der Waals surface area (Å²) in [5, 5.41) is 12.1. The minimum absolute atomic E-state index is 0.0726. The van der Waals surface area contributed by atoms with Gasteiger partial charge in [-0.15, -0.1) is 0 Å². The predicted octanol–water partition coefficient (Wildman–Crippen LogP) is 4.70. The number of imidazole rings is 1. The molecule has 1 aliphatic carbocycles. The Morgan fingerprint density at radius 3 is 2.32 bits per heavy atom. The van der Waals surface area contributed by atoms with E-state index in [2.05, 4.69) is 22.4 Å². The highest BCUT2D eigenvalue weighted by Crippen LogP contribution is 2.44. The number of aromatic carboxylic acids is 1. The minimum atomic E-state index is -1.23. The summed E-state index contributed by atoms with van der Waals surface area (Å²) < 4.78 is 7.08. The van der Waals surface area contributed by atoms with Gasteiger partial charge in [0.05, 0.1) is 0 Å². The number of hydrogen-bond acceptors (Lipinski definition) is 4. The molecule has 7 heteroatoms. The van der Waals surface area contributed by atoms with Gasteiger partial charge >= 0.3 is 12.1 Å². The summed E-state index contributed by atoms with van der Waals surface area (Å²) in [4.78, 5) is 28.4. The first kappa shape index (κ1) is 18.9. The smallest absolute Gasteiger partial charge is 0.412 e. The van der Waals surface area contributed by atoms with E-state index in [-0.39, 0.29) is 24.0 Å². The van der Waals surface area contributed by atoms with Crippen molar-refractivity contribution >= 4 is 23.5 Å². The predicted molar refractivity (Wildman–Crippen MR) is 116 cm³/mol. The van der Waals surface area contributed by atoms with Crippen LogP contribution >= 0.6 is 0 Å². The van der Waals surface area contributed by atoms with Crippen molar-refractivity contribution in [3.05, 3.63) is 89.2 Å². The van der Waals surface area contributed by atoms with E-state index in [9.17, 15) is 14.7 Å².